The molecule has 1 atom stereocenters. The SMILES string of the molecule is O=C(N[C@H]1CC12CCC2)N1CC(Cc2ccco2)C1. The van der Waals surface area contributed by atoms with Gasteiger partial charge >= 0.3 is 6.03 Å². The number of carbonyl (C=O) groups is 1. The summed E-state index contributed by atoms with van der Waals surface area (Å²) in [6.07, 6.45) is 7.86. The van der Waals surface area contributed by atoms with E-state index in [1.54, 1.807) is 6.26 Å². The van der Waals surface area contributed by atoms with Gasteiger partial charge in [0.1, 0.15) is 5.76 Å². The molecule has 2 saturated carbocycles. The number of hydrogen-bond acceptors (Lipinski definition) is 2. The van der Waals surface area contributed by atoms with Crippen LogP contribution in [0, 0.1) is 11.3 Å². The highest BCUT2D eigenvalue weighted by Crippen LogP contribution is 2.60. The fourth-order valence-corrected chi connectivity index (χ4v) is 3.55. The summed E-state index contributed by atoms with van der Waals surface area (Å²) in [6, 6.07) is 4.54. The average molecular weight is 260 g/mol. The van der Waals surface area contributed by atoms with Crippen molar-refractivity contribution in [3.8, 4) is 0 Å². The van der Waals surface area contributed by atoms with E-state index in [2.05, 4.69) is 5.32 Å². The lowest BCUT2D eigenvalue weighted by atomic mass is 9.81. The summed E-state index contributed by atoms with van der Waals surface area (Å²) in [5.74, 6) is 1.59. The molecule has 1 saturated heterocycles. The molecule has 102 valence electrons. The second-order valence-electron chi connectivity index (χ2n) is 6.48. The van der Waals surface area contributed by atoms with Crippen molar-refractivity contribution in [1.82, 2.24) is 10.2 Å². The molecule has 2 aliphatic carbocycles. The number of amides is 2. The zero-order valence-corrected chi connectivity index (χ0v) is 11.1. The Morgan fingerprint density at radius 1 is 1.47 bits per heavy atom. The van der Waals surface area contributed by atoms with Crippen molar-refractivity contribution in [2.75, 3.05) is 13.1 Å². The summed E-state index contributed by atoms with van der Waals surface area (Å²) in [6.45, 7) is 1.73. The molecule has 4 rings (SSSR count). The summed E-state index contributed by atoms with van der Waals surface area (Å²) in [5, 5.41) is 3.19. The number of urea groups is 1. The highest BCUT2D eigenvalue weighted by Gasteiger charge is 2.58. The molecule has 4 heteroatoms. The molecule has 19 heavy (non-hydrogen) atoms. The molecule has 1 aromatic heterocycles. The van der Waals surface area contributed by atoms with Crippen LogP contribution in [0.15, 0.2) is 22.8 Å². The van der Waals surface area contributed by atoms with Gasteiger partial charge in [-0.1, -0.05) is 6.42 Å². The maximum absolute atomic E-state index is 12.0. The topological polar surface area (TPSA) is 45.5 Å². The molecule has 1 aromatic rings. The van der Waals surface area contributed by atoms with Crippen molar-refractivity contribution in [3.63, 3.8) is 0 Å². The van der Waals surface area contributed by atoms with Crippen LogP contribution >= 0.6 is 0 Å². The Hall–Kier alpha value is -1.45. The van der Waals surface area contributed by atoms with E-state index in [0.717, 1.165) is 25.3 Å². The molecular formula is C15H20N2O2. The molecule has 3 fully saturated rings. The summed E-state index contributed by atoms with van der Waals surface area (Å²) >= 11 is 0. The maximum atomic E-state index is 12.0. The Labute approximate surface area is 113 Å². The van der Waals surface area contributed by atoms with E-state index < -0.39 is 0 Å². The van der Waals surface area contributed by atoms with E-state index >= 15 is 0 Å². The second kappa shape index (κ2) is 4.02. The van der Waals surface area contributed by atoms with Gasteiger partial charge in [-0.05, 0) is 36.8 Å². The van der Waals surface area contributed by atoms with Crippen LogP contribution in [0.4, 0.5) is 4.79 Å². The first-order valence-corrected chi connectivity index (χ1v) is 7.33. The van der Waals surface area contributed by atoms with Crippen molar-refractivity contribution >= 4 is 6.03 Å². The fraction of sp³-hybridized carbons (Fsp3) is 0.667. The van der Waals surface area contributed by atoms with Crippen molar-refractivity contribution in [1.29, 1.82) is 0 Å². The molecule has 1 N–H and O–H groups in total. The van der Waals surface area contributed by atoms with Gasteiger partial charge in [0.25, 0.3) is 0 Å². The zero-order chi connectivity index (χ0) is 12.9. The van der Waals surface area contributed by atoms with Gasteiger partial charge in [-0.25, -0.2) is 4.79 Å². The lowest BCUT2D eigenvalue weighted by molar-refractivity contribution is 0.115. The normalized spacial score (nSPS) is 27.8. The lowest BCUT2D eigenvalue weighted by Crippen LogP contribution is -2.55. The van der Waals surface area contributed by atoms with Crippen molar-refractivity contribution in [2.24, 2.45) is 11.3 Å². The Kier molecular flexibility index (Phi) is 2.41. The van der Waals surface area contributed by atoms with E-state index in [-0.39, 0.29) is 6.03 Å². The van der Waals surface area contributed by atoms with Crippen LogP contribution in [0.25, 0.3) is 0 Å². The van der Waals surface area contributed by atoms with E-state index in [1.165, 1.54) is 25.7 Å². The fourth-order valence-electron chi connectivity index (χ4n) is 3.55. The third kappa shape index (κ3) is 1.94. The second-order valence-corrected chi connectivity index (χ2v) is 6.48. The number of nitrogens with zero attached hydrogens (tertiary/aromatic N) is 1. The van der Waals surface area contributed by atoms with Gasteiger partial charge in [-0.3, -0.25) is 0 Å². The standard InChI is InChI=1S/C15H20N2O2/c18-14(16-13-8-15(13)4-2-5-15)17-9-11(10-17)7-12-3-1-6-19-12/h1,3,6,11,13H,2,4-5,7-10H2,(H,16,18)/t13-/m0/s1. The van der Waals surface area contributed by atoms with Crippen LogP contribution in [0.2, 0.25) is 0 Å². The van der Waals surface area contributed by atoms with Crippen LogP contribution in [0.1, 0.15) is 31.4 Å². The number of hydrogen-bond donors (Lipinski definition) is 1. The summed E-state index contributed by atoms with van der Waals surface area (Å²) in [4.78, 5) is 14.0. The van der Waals surface area contributed by atoms with E-state index in [0.29, 0.717) is 17.4 Å². The molecule has 4 nitrogen and oxygen atoms in total. The Balaban J connectivity index is 1.21. The van der Waals surface area contributed by atoms with Gasteiger partial charge in [-0.2, -0.15) is 0 Å². The first-order valence-electron chi connectivity index (χ1n) is 7.33. The predicted molar refractivity (Wildman–Crippen MR) is 70.7 cm³/mol. The first-order chi connectivity index (χ1) is 9.25. The zero-order valence-electron chi connectivity index (χ0n) is 11.1. The number of furan rings is 1. The van der Waals surface area contributed by atoms with E-state index in [4.69, 9.17) is 4.42 Å². The predicted octanol–water partition coefficient (Wildman–Crippen LogP) is 2.41. The van der Waals surface area contributed by atoms with Crippen LogP contribution in [-0.2, 0) is 6.42 Å². The maximum Gasteiger partial charge on any atom is 0.317 e. The molecule has 0 bridgehead atoms. The molecular weight excluding hydrogens is 240 g/mol. The molecule has 3 aliphatic rings. The molecule has 1 aliphatic heterocycles. The van der Waals surface area contributed by atoms with Crippen LogP contribution in [-0.4, -0.2) is 30.1 Å². The van der Waals surface area contributed by atoms with Gasteiger partial charge in [0.2, 0.25) is 0 Å². The number of likely N-dealkylation sites (tertiary alicyclic amines) is 1. The first kappa shape index (κ1) is 11.4. The average Bonchev–Trinajstić information content (AvgIpc) is 2.79. The van der Waals surface area contributed by atoms with Gasteiger partial charge in [0.05, 0.1) is 6.26 Å². The molecule has 2 amide bonds. The van der Waals surface area contributed by atoms with Crippen LogP contribution < -0.4 is 5.32 Å². The quantitative estimate of drug-likeness (QED) is 0.907. The third-order valence-corrected chi connectivity index (χ3v) is 5.15. The van der Waals surface area contributed by atoms with Gasteiger partial charge in [0.15, 0.2) is 0 Å². The van der Waals surface area contributed by atoms with Gasteiger partial charge in [0, 0.05) is 31.5 Å². The van der Waals surface area contributed by atoms with Gasteiger partial charge in [-0.15, -0.1) is 0 Å². The monoisotopic (exact) mass is 260 g/mol. The Morgan fingerprint density at radius 3 is 2.89 bits per heavy atom. The van der Waals surface area contributed by atoms with Crippen molar-refractivity contribution in [3.05, 3.63) is 24.2 Å². The molecule has 2 heterocycles. The summed E-state index contributed by atoms with van der Waals surface area (Å²) in [5.41, 5.74) is 0.522. The number of nitrogens with one attached hydrogen (secondary N) is 1. The highest BCUT2D eigenvalue weighted by atomic mass is 16.3. The van der Waals surface area contributed by atoms with Crippen molar-refractivity contribution in [2.45, 2.75) is 38.1 Å². The lowest BCUT2D eigenvalue weighted by Gasteiger charge is -2.39. The third-order valence-electron chi connectivity index (χ3n) is 5.15. The van der Waals surface area contributed by atoms with Crippen molar-refractivity contribution < 1.29 is 9.21 Å². The number of carbonyl (C=O) groups excluding carboxylic acids is 1. The highest BCUT2D eigenvalue weighted by molar-refractivity contribution is 5.76. The summed E-state index contributed by atoms with van der Waals surface area (Å²) in [7, 11) is 0. The molecule has 0 radical (unpaired) electrons. The smallest absolute Gasteiger partial charge is 0.317 e. The van der Waals surface area contributed by atoms with Gasteiger partial charge < -0.3 is 14.6 Å². The van der Waals surface area contributed by atoms with E-state index in [9.17, 15) is 4.79 Å². The Bertz CT molecular complexity index is 472. The molecule has 0 aromatic carbocycles. The molecule has 1 spiro atoms. The minimum atomic E-state index is 0.143. The largest absolute Gasteiger partial charge is 0.469 e. The Morgan fingerprint density at radius 2 is 2.32 bits per heavy atom. The minimum Gasteiger partial charge on any atom is -0.469 e. The van der Waals surface area contributed by atoms with Crippen LogP contribution in [0.5, 0.6) is 0 Å². The number of rotatable bonds is 3. The van der Waals surface area contributed by atoms with Crippen LogP contribution in [0.3, 0.4) is 0 Å². The summed E-state index contributed by atoms with van der Waals surface area (Å²) < 4.78 is 5.34. The van der Waals surface area contributed by atoms with E-state index in [1.807, 2.05) is 17.0 Å². The minimum absolute atomic E-state index is 0.143. The molecule has 0 unspecified atom stereocenters.